The highest BCUT2D eigenvalue weighted by molar-refractivity contribution is 5.71. The molecule has 0 amide bonds. The Morgan fingerprint density at radius 1 is 1.00 bits per heavy atom. The van der Waals surface area contributed by atoms with Crippen molar-refractivity contribution < 1.29 is 24.1 Å². The van der Waals surface area contributed by atoms with Crippen LogP contribution < -0.4 is 14.2 Å². The summed E-state index contributed by atoms with van der Waals surface area (Å²) >= 11 is 0. The summed E-state index contributed by atoms with van der Waals surface area (Å²) < 4.78 is 22.2. The fourth-order valence-electron chi connectivity index (χ4n) is 3.04. The average molecular weight is 368 g/mol. The fraction of sp³-hybridized carbons (Fsp3) is 0.273. The molecular weight excluding hydrogens is 344 g/mol. The van der Waals surface area contributed by atoms with Gasteiger partial charge in [0.2, 0.25) is 11.5 Å². The standard InChI is InChI=1S/C22H24O5/c1-24-17-7-5-4-6-16-14-19(22(26-3)20(23)21(16)25-2)27-18-12-9-15(8-11-17)10-13-18/h4-7,9-10,12-14,17,23H,8,11H2,1-3H3/b6-4-,7-5-. The maximum absolute atomic E-state index is 10.6. The number of hydrogen-bond donors (Lipinski definition) is 1. The van der Waals surface area contributed by atoms with Crippen molar-refractivity contribution >= 4 is 6.08 Å². The number of ether oxygens (including phenoxy) is 4. The first-order chi connectivity index (χ1) is 13.2. The molecule has 1 unspecified atom stereocenters. The van der Waals surface area contributed by atoms with Crippen LogP contribution in [0.3, 0.4) is 0 Å². The molecule has 2 aliphatic rings. The zero-order chi connectivity index (χ0) is 19.2. The molecule has 0 spiro atoms. The Hall–Kier alpha value is -2.92. The van der Waals surface area contributed by atoms with Gasteiger partial charge >= 0.3 is 0 Å². The van der Waals surface area contributed by atoms with Crippen molar-refractivity contribution in [1.82, 2.24) is 0 Å². The molecule has 2 aliphatic heterocycles. The van der Waals surface area contributed by atoms with Crippen LogP contribution in [0.1, 0.15) is 17.5 Å². The molecule has 0 saturated carbocycles. The number of rotatable bonds is 3. The normalized spacial score (nSPS) is 18.7. The number of fused-ring (bicyclic) bond motifs is 6. The van der Waals surface area contributed by atoms with Crippen LogP contribution in [0.15, 0.2) is 48.6 Å². The smallest absolute Gasteiger partial charge is 0.207 e. The van der Waals surface area contributed by atoms with Gasteiger partial charge in [-0.15, -0.1) is 0 Å². The third-order valence-electron chi connectivity index (χ3n) is 4.50. The van der Waals surface area contributed by atoms with Gasteiger partial charge in [-0.2, -0.15) is 0 Å². The van der Waals surface area contributed by atoms with Gasteiger partial charge in [-0.25, -0.2) is 0 Å². The molecule has 142 valence electrons. The van der Waals surface area contributed by atoms with Gasteiger partial charge in [-0.1, -0.05) is 36.4 Å². The van der Waals surface area contributed by atoms with Crippen molar-refractivity contribution in [2.75, 3.05) is 21.3 Å². The molecule has 5 nitrogen and oxygen atoms in total. The molecule has 0 aromatic heterocycles. The van der Waals surface area contributed by atoms with E-state index >= 15 is 0 Å². The number of methoxy groups -OCH3 is 3. The van der Waals surface area contributed by atoms with Crippen LogP contribution in [0.5, 0.6) is 28.7 Å². The van der Waals surface area contributed by atoms with Crippen LogP contribution in [0.2, 0.25) is 0 Å². The van der Waals surface area contributed by atoms with Crippen molar-refractivity contribution in [3.8, 4) is 28.7 Å². The first kappa shape index (κ1) is 18.9. The van der Waals surface area contributed by atoms with Crippen molar-refractivity contribution in [3.05, 3.63) is 59.7 Å². The van der Waals surface area contributed by atoms with Gasteiger partial charge in [0.1, 0.15) is 5.75 Å². The highest BCUT2D eigenvalue weighted by Crippen LogP contribution is 2.47. The summed E-state index contributed by atoms with van der Waals surface area (Å²) in [6, 6.07) is 9.65. The minimum Gasteiger partial charge on any atom is -0.502 e. The summed E-state index contributed by atoms with van der Waals surface area (Å²) in [4.78, 5) is 0. The molecule has 1 atom stereocenters. The number of phenols is 1. The molecule has 4 bridgehead atoms. The van der Waals surface area contributed by atoms with Crippen LogP contribution in [0.25, 0.3) is 6.08 Å². The predicted molar refractivity (Wildman–Crippen MR) is 105 cm³/mol. The number of phenolic OH excluding ortho intramolecular Hbond substituents is 1. The molecular formula is C22H24O5. The van der Waals surface area contributed by atoms with Gasteiger partial charge < -0.3 is 24.1 Å². The lowest BCUT2D eigenvalue weighted by Crippen LogP contribution is -2.08. The summed E-state index contributed by atoms with van der Waals surface area (Å²) in [6.45, 7) is 0. The lowest BCUT2D eigenvalue weighted by molar-refractivity contribution is 0.134. The van der Waals surface area contributed by atoms with Gasteiger partial charge in [0, 0.05) is 12.7 Å². The van der Waals surface area contributed by atoms with E-state index < -0.39 is 0 Å². The quantitative estimate of drug-likeness (QED) is 0.849. The SMILES string of the molecule is COc1c2cc(c(OC)c1O)Oc1ccc(cc1)CCC(OC)/C=C\C=C/2. The monoisotopic (exact) mass is 368 g/mol. The van der Waals surface area contributed by atoms with Gasteiger partial charge in [0.15, 0.2) is 11.5 Å². The Morgan fingerprint density at radius 2 is 1.74 bits per heavy atom. The Labute approximate surface area is 159 Å². The van der Waals surface area contributed by atoms with Crippen LogP contribution in [-0.4, -0.2) is 32.5 Å². The van der Waals surface area contributed by atoms with Crippen molar-refractivity contribution in [1.29, 1.82) is 0 Å². The number of aromatic hydroxyl groups is 1. The second-order valence-electron chi connectivity index (χ2n) is 6.18. The zero-order valence-corrected chi connectivity index (χ0v) is 15.8. The second-order valence-corrected chi connectivity index (χ2v) is 6.18. The lowest BCUT2D eigenvalue weighted by Gasteiger charge is -2.16. The first-order valence-corrected chi connectivity index (χ1v) is 8.78. The van der Waals surface area contributed by atoms with E-state index in [9.17, 15) is 5.11 Å². The topological polar surface area (TPSA) is 57.2 Å². The third-order valence-corrected chi connectivity index (χ3v) is 4.50. The summed E-state index contributed by atoms with van der Waals surface area (Å²) in [5.74, 6) is 1.53. The molecule has 5 heteroatoms. The van der Waals surface area contributed by atoms with Gasteiger partial charge in [0.25, 0.3) is 0 Å². The summed E-state index contributed by atoms with van der Waals surface area (Å²) in [5, 5.41) is 10.6. The Morgan fingerprint density at radius 3 is 2.41 bits per heavy atom. The Kier molecular flexibility index (Phi) is 6.04. The number of allylic oxidation sites excluding steroid dienone is 2. The highest BCUT2D eigenvalue weighted by atomic mass is 16.5. The molecule has 0 aliphatic carbocycles. The number of aryl methyl sites for hydroxylation is 1. The fourth-order valence-corrected chi connectivity index (χ4v) is 3.04. The van der Waals surface area contributed by atoms with Crippen molar-refractivity contribution in [2.24, 2.45) is 0 Å². The van der Waals surface area contributed by atoms with Crippen LogP contribution in [0.4, 0.5) is 0 Å². The predicted octanol–water partition coefficient (Wildman–Crippen LogP) is 4.73. The Balaban J connectivity index is 2.11. The minimum absolute atomic E-state index is 0.0254. The Bertz CT molecular complexity index is 837. The first-order valence-electron chi connectivity index (χ1n) is 8.78. The van der Waals surface area contributed by atoms with Gasteiger partial charge in [-0.3, -0.25) is 0 Å². The maximum atomic E-state index is 10.6. The molecule has 0 saturated heterocycles. The molecule has 2 aromatic rings. The molecule has 0 radical (unpaired) electrons. The lowest BCUT2D eigenvalue weighted by atomic mass is 10.1. The van der Waals surface area contributed by atoms with E-state index in [1.807, 2.05) is 48.6 Å². The van der Waals surface area contributed by atoms with Crippen LogP contribution in [-0.2, 0) is 11.2 Å². The molecule has 2 aromatic carbocycles. The largest absolute Gasteiger partial charge is 0.502 e. The second kappa shape index (κ2) is 8.64. The molecule has 27 heavy (non-hydrogen) atoms. The van der Waals surface area contributed by atoms with Crippen LogP contribution in [0, 0.1) is 0 Å². The summed E-state index contributed by atoms with van der Waals surface area (Å²) in [7, 11) is 4.70. The number of hydrogen-bond acceptors (Lipinski definition) is 5. The van der Waals surface area contributed by atoms with E-state index in [0.717, 1.165) is 12.8 Å². The zero-order valence-electron chi connectivity index (χ0n) is 15.8. The van der Waals surface area contributed by atoms with Gasteiger partial charge in [-0.05, 0) is 36.6 Å². The average Bonchev–Trinajstić information content (AvgIpc) is 2.69. The summed E-state index contributed by atoms with van der Waals surface area (Å²) in [6.07, 6.45) is 9.47. The van der Waals surface area contributed by atoms with E-state index in [2.05, 4.69) is 0 Å². The number of benzene rings is 2. The molecule has 4 rings (SSSR count). The highest BCUT2D eigenvalue weighted by Gasteiger charge is 2.20. The van der Waals surface area contributed by atoms with Gasteiger partial charge in [0.05, 0.1) is 20.3 Å². The van der Waals surface area contributed by atoms with E-state index in [4.69, 9.17) is 18.9 Å². The molecule has 1 N–H and O–H groups in total. The van der Waals surface area contributed by atoms with E-state index in [0.29, 0.717) is 22.8 Å². The van der Waals surface area contributed by atoms with Crippen molar-refractivity contribution in [2.45, 2.75) is 18.9 Å². The summed E-state index contributed by atoms with van der Waals surface area (Å²) in [5.41, 5.74) is 1.88. The van der Waals surface area contributed by atoms with Crippen LogP contribution >= 0.6 is 0 Å². The van der Waals surface area contributed by atoms with E-state index in [1.165, 1.54) is 19.8 Å². The van der Waals surface area contributed by atoms with E-state index in [-0.39, 0.29) is 17.6 Å². The third kappa shape index (κ3) is 4.26. The minimum atomic E-state index is -0.100. The van der Waals surface area contributed by atoms with E-state index in [1.54, 1.807) is 13.2 Å². The maximum Gasteiger partial charge on any atom is 0.207 e. The molecule has 2 heterocycles. The molecule has 0 fully saturated rings. The van der Waals surface area contributed by atoms with Crippen molar-refractivity contribution in [3.63, 3.8) is 0 Å².